The number of benzene rings is 2. The predicted molar refractivity (Wildman–Crippen MR) is 122 cm³/mol. The van der Waals surface area contributed by atoms with Crippen molar-refractivity contribution in [2.24, 2.45) is 7.05 Å². The van der Waals surface area contributed by atoms with Crippen LogP contribution in [0.2, 0.25) is 0 Å². The summed E-state index contributed by atoms with van der Waals surface area (Å²) in [6, 6.07) is 17.2. The number of hydrogen-bond donors (Lipinski definition) is 0. The number of halogens is 1. The highest BCUT2D eigenvalue weighted by molar-refractivity contribution is 14.1. The third-order valence-electron chi connectivity index (χ3n) is 5.70. The fourth-order valence-electron chi connectivity index (χ4n) is 3.59. The molecule has 0 fully saturated rings. The summed E-state index contributed by atoms with van der Waals surface area (Å²) in [7, 11) is 2.02. The van der Waals surface area contributed by atoms with E-state index in [2.05, 4.69) is 107 Å². The average Bonchev–Trinajstić information content (AvgIpc) is 3.05. The van der Waals surface area contributed by atoms with Crippen LogP contribution in [0.25, 0.3) is 22.5 Å². The largest absolute Gasteiger partial charge is 0.306 e. The minimum atomic E-state index is -0.101. The molecule has 1 heterocycles. The van der Waals surface area contributed by atoms with Crippen molar-refractivity contribution in [3.8, 4) is 22.5 Å². The van der Waals surface area contributed by atoms with Gasteiger partial charge in [-0.25, -0.2) is 0 Å². The second-order valence-corrected chi connectivity index (χ2v) is 8.09. The molecule has 3 rings (SSSR count). The van der Waals surface area contributed by atoms with Crippen molar-refractivity contribution >= 4 is 22.6 Å². The molecule has 140 valence electrons. The van der Waals surface area contributed by atoms with E-state index in [-0.39, 0.29) is 5.41 Å². The highest BCUT2D eigenvalue weighted by Gasteiger charge is 2.31. The molecule has 0 aliphatic rings. The van der Waals surface area contributed by atoms with Gasteiger partial charge >= 0.3 is 0 Å². The van der Waals surface area contributed by atoms with Gasteiger partial charge in [-0.1, -0.05) is 75.4 Å². The average molecular weight is 471 g/mol. The summed E-state index contributed by atoms with van der Waals surface area (Å²) in [6.45, 7) is 11.1. The molecular weight excluding hydrogens is 445 g/mol. The van der Waals surface area contributed by atoms with Crippen LogP contribution in [0.3, 0.4) is 0 Å². The van der Waals surface area contributed by atoms with E-state index in [0.717, 1.165) is 28.1 Å². The van der Waals surface area contributed by atoms with Gasteiger partial charge in [0.25, 0.3) is 0 Å². The standard InChI is InChI=1S/C23H26IN3/c1-6-16(3)23(4,7-2)20-14-13-18(17-11-9-8-10-12-17)15-19(20)21-25-26-22(24)27(21)5/h8-15H,3,6-7H2,1-2,4-5H3. The molecule has 0 bridgehead atoms. The van der Waals surface area contributed by atoms with Gasteiger partial charge in [0, 0.05) is 40.6 Å². The lowest BCUT2D eigenvalue weighted by Crippen LogP contribution is -2.24. The van der Waals surface area contributed by atoms with Crippen LogP contribution < -0.4 is 0 Å². The van der Waals surface area contributed by atoms with E-state index in [1.54, 1.807) is 0 Å². The summed E-state index contributed by atoms with van der Waals surface area (Å²) in [4.78, 5) is 0. The SMILES string of the molecule is C=C(CC)C(C)(CC)c1ccc(-c2ccccc2)cc1-c1nnc(I)n1C. The maximum Gasteiger partial charge on any atom is 0.194 e. The Kier molecular flexibility index (Phi) is 5.84. The summed E-state index contributed by atoms with van der Waals surface area (Å²) in [5, 5.41) is 8.78. The molecule has 4 heteroatoms. The van der Waals surface area contributed by atoms with Crippen LogP contribution in [0.5, 0.6) is 0 Å². The van der Waals surface area contributed by atoms with Crippen LogP contribution in [0, 0.1) is 3.83 Å². The van der Waals surface area contributed by atoms with Crippen molar-refractivity contribution in [1.29, 1.82) is 0 Å². The number of allylic oxidation sites excluding steroid dienone is 1. The van der Waals surface area contributed by atoms with E-state index < -0.39 is 0 Å². The molecule has 0 saturated carbocycles. The van der Waals surface area contributed by atoms with Crippen LogP contribution in [-0.4, -0.2) is 14.8 Å². The third-order valence-corrected chi connectivity index (χ3v) is 6.64. The summed E-state index contributed by atoms with van der Waals surface area (Å²) >= 11 is 2.23. The van der Waals surface area contributed by atoms with Crippen LogP contribution in [-0.2, 0) is 12.5 Å². The lowest BCUT2D eigenvalue weighted by molar-refractivity contribution is 0.524. The Morgan fingerprint density at radius 1 is 1.07 bits per heavy atom. The molecule has 0 aliphatic heterocycles. The Balaban J connectivity index is 2.28. The third kappa shape index (κ3) is 3.59. The fraction of sp³-hybridized carbons (Fsp3) is 0.304. The Bertz CT molecular complexity index is 959. The van der Waals surface area contributed by atoms with Crippen molar-refractivity contribution < 1.29 is 0 Å². The van der Waals surface area contributed by atoms with Gasteiger partial charge < -0.3 is 4.57 Å². The van der Waals surface area contributed by atoms with Crippen molar-refractivity contribution in [3.05, 3.63) is 70.1 Å². The first-order valence-electron chi connectivity index (χ1n) is 9.35. The van der Waals surface area contributed by atoms with Crippen LogP contribution in [0.4, 0.5) is 0 Å². The summed E-state index contributed by atoms with van der Waals surface area (Å²) in [5.41, 5.74) is 5.94. The molecule has 1 unspecified atom stereocenters. The highest BCUT2D eigenvalue weighted by atomic mass is 127. The number of nitrogens with zero attached hydrogens (tertiary/aromatic N) is 3. The van der Waals surface area contributed by atoms with Gasteiger partial charge in [-0.15, -0.1) is 10.2 Å². The molecule has 0 spiro atoms. The van der Waals surface area contributed by atoms with Crippen LogP contribution >= 0.6 is 22.6 Å². The summed E-state index contributed by atoms with van der Waals surface area (Å²) in [6.07, 6.45) is 1.95. The molecule has 27 heavy (non-hydrogen) atoms. The first kappa shape index (κ1) is 19.8. The van der Waals surface area contributed by atoms with Crippen LogP contribution in [0.15, 0.2) is 60.7 Å². The van der Waals surface area contributed by atoms with Gasteiger partial charge in [0.15, 0.2) is 9.66 Å². The molecule has 2 aromatic carbocycles. The Labute approximate surface area is 175 Å². The zero-order chi connectivity index (χ0) is 19.6. The Hall–Kier alpha value is -1.95. The van der Waals surface area contributed by atoms with Gasteiger partial charge in [-0.05, 0) is 35.6 Å². The molecule has 0 N–H and O–H groups in total. The smallest absolute Gasteiger partial charge is 0.194 e. The molecule has 1 atom stereocenters. The van der Waals surface area contributed by atoms with E-state index in [0.29, 0.717) is 0 Å². The lowest BCUT2D eigenvalue weighted by atomic mass is 9.71. The fourth-order valence-corrected chi connectivity index (χ4v) is 3.92. The van der Waals surface area contributed by atoms with E-state index in [4.69, 9.17) is 0 Å². The zero-order valence-corrected chi connectivity index (χ0v) is 18.6. The maximum absolute atomic E-state index is 4.49. The minimum absolute atomic E-state index is 0.101. The summed E-state index contributed by atoms with van der Waals surface area (Å²) < 4.78 is 2.94. The second-order valence-electron chi connectivity index (χ2n) is 7.12. The van der Waals surface area contributed by atoms with Gasteiger partial charge in [0.1, 0.15) is 0 Å². The first-order valence-corrected chi connectivity index (χ1v) is 10.4. The van der Waals surface area contributed by atoms with Gasteiger partial charge in [-0.2, -0.15) is 0 Å². The van der Waals surface area contributed by atoms with Gasteiger partial charge in [0.2, 0.25) is 0 Å². The van der Waals surface area contributed by atoms with Crippen LogP contribution in [0.1, 0.15) is 39.2 Å². The van der Waals surface area contributed by atoms with E-state index in [9.17, 15) is 0 Å². The molecule has 0 aliphatic carbocycles. The van der Waals surface area contributed by atoms with Gasteiger partial charge in [-0.3, -0.25) is 0 Å². The molecule has 3 nitrogen and oxygen atoms in total. The topological polar surface area (TPSA) is 30.7 Å². The molecular formula is C23H26IN3. The number of rotatable bonds is 6. The van der Waals surface area contributed by atoms with Crippen molar-refractivity contribution in [2.75, 3.05) is 0 Å². The maximum atomic E-state index is 4.49. The molecule has 0 amide bonds. The Morgan fingerprint density at radius 3 is 2.33 bits per heavy atom. The minimum Gasteiger partial charge on any atom is -0.306 e. The molecule has 0 radical (unpaired) electrons. The molecule has 3 aromatic rings. The first-order chi connectivity index (χ1) is 12.9. The molecule has 0 saturated heterocycles. The normalized spacial score (nSPS) is 13.4. The summed E-state index contributed by atoms with van der Waals surface area (Å²) in [5.74, 6) is 0.899. The van der Waals surface area contributed by atoms with E-state index >= 15 is 0 Å². The van der Waals surface area contributed by atoms with Gasteiger partial charge in [0.05, 0.1) is 0 Å². The van der Waals surface area contributed by atoms with Crippen molar-refractivity contribution in [2.45, 2.75) is 39.0 Å². The number of aromatic nitrogens is 3. The van der Waals surface area contributed by atoms with E-state index in [1.165, 1.54) is 22.3 Å². The van der Waals surface area contributed by atoms with E-state index in [1.807, 2.05) is 13.1 Å². The lowest BCUT2D eigenvalue weighted by Gasteiger charge is -2.33. The Morgan fingerprint density at radius 2 is 1.78 bits per heavy atom. The quantitative estimate of drug-likeness (QED) is 0.308. The monoisotopic (exact) mass is 471 g/mol. The number of hydrogen-bond acceptors (Lipinski definition) is 2. The van der Waals surface area contributed by atoms with Crippen molar-refractivity contribution in [1.82, 2.24) is 14.8 Å². The molecule has 1 aromatic heterocycles. The highest BCUT2D eigenvalue weighted by Crippen LogP contribution is 2.42. The predicted octanol–water partition coefficient (Wildman–Crippen LogP) is 6.39. The zero-order valence-electron chi connectivity index (χ0n) is 16.5. The van der Waals surface area contributed by atoms with Crippen molar-refractivity contribution in [3.63, 3.8) is 0 Å². The second kappa shape index (κ2) is 7.97.